The van der Waals surface area contributed by atoms with E-state index in [9.17, 15) is 0 Å². The van der Waals surface area contributed by atoms with E-state index in [1.54, 1.807) is 7.11 Å². The summed E-state index contributed by atoms with van der Waals surface area (Å²) in [6.07, 6.45) is 0. The lowest BCUT2D eigenvalue weighted by molar-refractivity contribution is 0.442. The van der Waals surface area contributed by atoms with Crippen molar-refractivity contribution in [1.82, 2.24) is 0 Å². The van der Waals surface area contributed by atoms with E-state index >= 15 is 0 Å². The third kappa shape index (κ3) is 4.78. The summed E-state index contributed by atoms with van der Waals surface area (Å²) in [5.41, 5.74) is 0. The quantitative estimate of drug-likeness (QED) is 0.306. The van der Waals surface area contributed by atoms with Gasteiger partial charge in [-0.3, -0.25) is 0 Å². The van der Waals surface area contributed by atoms with Crippen molar-refractivity contribution in [1.29, 1.82) is 0 Å². The fourth-order valence-corrected chi connectivity index (χ4v) is 0.754. The monoisotopic (exact) mass is 121 g/mol. The summed E-state index contributed by atoms with van der Waals surface area (Å²) in [7, 11) is 1.71. The summed E-state index contributed by atoms with van der Waals surface area (Å²) < 4.78 is 4.78. The van der Waals surface area contributed by atoms with Crippen LogP contribution in [0, 0.1) is 0 Å². The Labute approximate surface area is 49.7 Å². The second kappa shape index (κ2) is 5.78. The molecule has 0 fully saturated rings. The van der Waals surface area contributed by atoms with E-state index in [1.165, 1.54) is 0 Å². The highest BCUT2D eigenvalue weighted by molar-refractivity contribution is 6.31. The standard InChI is InChI=1S/C2H4Cl.CH3O.Al/c1-2-3;1-2;/h1-2H2;1H3;/q;-1;+1. The van der Waals surface area contributed by atoms with Crippen molar-refractivity contribution in [3.63, 3.8) is 0 Å². The van der Waals surface area contributed by atoms with Gasteiger partial charge < -0.3 is 3.79 Å². The molecule has 1 nitrogen and oxygen atoms in total. The summed E-state index contributed by atoms with van der Waals surface area (Å²) in [6, 6.07) is 0. The summed E-state index contributed by atoms with van der Waals surface area (Å²) in [5.74, 6) is 0.739. The molecule has 1 radical (unpaired) electrons. The van der Waals surface area contributed by atoms with E-state index < -0.39 is 0 Å². The summed E-state index contributed by atoms with van der Waals surface area (Å²) in [6.45, 7) is 0. The zero-order valence-electron chi connectivity index (χ0n) is 3.78. The van der Waals surface area contributed by atoms with Crippen molar-refractivity contribution >= 4 is 27.2 Å². The lowest BCUT2D eigenvalue weighted by atomic mass is 11.0. The molecule has 0 heterocycles. The number of alkyl halides is 1. The number of hydrogen-bond donors (Lipinski definition) is 0. The van der Waals surface area contributed by atoms with Crippen LogP contribution in [-0.4, -0.2) is 28.5 Å². The molecular formula is C3H7AlClO. The topological polar surface area (TPSA) is 9.23 Å². The van der Waals surface area contributed by atoms with Gasteiger partial charge >= 0.3 is 15.6 Å². The molecular weight excluding hydrogens is 114 g/mol. The number of rotatable bonds is 3. The maximum atomic E-state index is 5.32. The summed E-state index contributed by atoms with van der Waals surface area (Å²) >= 11 is 5.51. The maximum Gasteiger partial charge on any atom is 0.424 e. The van der Waals surface area contributed by atoms with Crippen LogP contribution in [0.25, 0.3) is 0 Å². The van der Waals surface area contributed by atoms with Crippen molar-refractivity contribution in [2.45, 2.75) is 5.28 Å². The van der Waals surface area contributed by atoms with Gasteiger partial charge in [-0.15, -0.1) is 11.6 Å². The van der Waals surface area contributed by atoms with Crippen molar-refractivity contribution in [2.24, 2.45) is 0 Å². The molecule has 0 aromatic carbocycles. The Morgan fingerprint density at radius 2 is 2.50 bits per heavy atom. The second-order valence-electron chi connectivity index (χ2n) is 0.880. The lowest BCUT2D eigenvalue weighted by Crippen LogP contribution is -1.91. The Balaban J connectivity index is 2.34. The molecule has 0 N–H and O–H groups in total. The van der Waals surface area contributed by atoms with E-state index in [0.717, 1.165) is 11.2 Å². The molecule has 0 aromatic heterocycles. The fourth-order valence-electron chi connectivity index (χ4n) is 0.162. The van der Waals surface area contributed by atoms with Crippen LogP contribution in [0.1, 0.15) is 0 Å². The first-order valence-electron chi connectivity index (χ1n) is 1.82. The normalized spacial score (nSPS) is 8.33. The second-order valence-corrected chi connectivity index (χ2v) is 2.64. The minimum Gasteiger partial charge on any atom is -0.509 e. The Bertz CT molecular complexity index is 22.8. The van der Waals surface area contributed by atoms with Crippen molar-refractivity contribution in [3.8, 4) is 0 Å². The smallest absolute Gasteiger partial charge is 0.424 e. The first-order valence-corrected chi connectivity index (χ1v) is 3.64. The van der Waals surface area contributed by atoms with E-state index in [0.29, 0.717) is 0 Å². The summed E-state index contributed by atoms with van der Waals surface area (Å²) in [4.78, 5) is 0. The molecule has 0 aromatic rings. The maximum absolute atomic E-state index is 5.32. The first-order chi connectivity index (χ1) is 2.91. The molecule has 0 aliphatic carbocycles. The largest absolute Gasteiger partial charge is 0.509 e. The number of halogens is 1. The van der Waals surface area contributed by atoms with Crippen LogP contribution < -0.4 is 0 Å². The van der Waals surface area contributed by atoms with Gasteiger partial charge in [0.15, 0.2) is 0 Å². The molecule has 0 unspecified atom stereocenters. The molecule has 0 aliphatic rings. The highest BCUT2D eigenvalue weighted by Crippen LogP contribution is 1.81. The van der Waals surface area contributed by atoms with Gasteiger partial charge in [0.25, 0.3) is 0 Å². The van der Waals surface area contributed by atoms with Gasteiger partial charge in [-0.25, -0.2) is 0 Å². The van der Waals surface area contributed by atoms with Crippen molar-refractivity contribution in [2.75, 3.05) is 13.0 Å². The molecule has 0 saturated heterocycles. The van der Waals surface area contributed by atoms with Gasteiger partial charge in [0.2, 0.25) is 0 Å². The molecule has 0 spiro atoms. The number of hydrogen-bond acceptors (Lipinski definition) is 1. The van der Waals surface area contributed by atoms with Gasteiger partial charge in [-0.2, -0.15) is 0 Å². The van der Waals surface area contributed by atoms with E-state index in [4.69, 9.17) is 15.4 Å². The molecule has 0 atom stereocenters. The van der Waals surface area contributed by atoms with Crippen LogP contribution >= 0.6 is 11.6 Å². The van der Waals surface area contributed by atoms with Crippen molar-refractivity contribution in [3.05, 3.63) is 0 Å². The van der Waals surface area contributed by atoms with Gasteiger partial charge in [-0.1, -0.05) is 5.28 Å². The van der Waals surface area contributed by atoms with Crippen LogP contribution in [0.3, 0.4) is 0 Å². The Kier molecular flexibility index (Phi) is 6.54. The Morgan fingerprint density at radius 1 is 1.83 bits per heavy atom. The first kappa shape index (κ1) is 6.78. The van der Waals surface area contributed by atoms with Crippen LogP contribution in [0.5, 0.6) is 0 Å². The van der Waals surface area contributed by atoms with Gasteiger partial charge in [0.1, 0.15) is 0 Å². The Hall–Kier alpha value is 0.782. The average Bonchev–Trinajstić information content (AvgIpc) is 1.61. The summed E-state index contributed by atoms with van der Waals surface area (Å²) in [5, 5.41) is 1.04. The van der Waals surface area contributed by atoms with Gasteiger partial charge in [-0.05, 0) is 0 Å². The average molecular weight is 122 g/mol. The zero-order valence-corrected chi connectivity index (χ0v) is 5.69. The third-order valence-corrected chi connectivity index (χ3v) is 1.84. The predicted octanol–water partition coefficient (Wildman–Crippen LogP) is 0.909. The van der Waals surface area contributed by atoms with Gasteiger partial charge in [0, 0.05) is 13.0 Å². The lowest BCUT2D eigenvalue weighted by Gasteiger charge is -1.84. The van der Waals surface area contributed by atoms with Crippen LogP contribution in [0.4, 0.5) is 0 Å². The van der Waals surface area contributed by atoms with Crippen molar-refractivity contribution < 1.29 is 3.79 Å². The molecule has 0 aliphatic heterocycles. The minimum atomic E-state index is 0.186. The fraction of sp³-hybridized carbons (Fsp3) is 1.00. The molecule has 0 saturated carbocycles. The Morgan fingerprint density at radius 3 is 2.67 bits per heavy atom. The zero-order chi connectivity index (χ0) is 4.83. The van der Waals surface area contributed by atoms with E-state index in [2.05, 4.69) is 0 Å². The highest BCUT2D eigenvalue weighted by Gasteiger charge is 1.85. The highest BCUT2D eigenvalue weighted by atomic mass is 35.5. The minimum absolute atomic E-state index is 0.186. The molecule has 35 valence electrons. The SMILES string of the molecule is C[O][Al][CH2]CCl. The van der Waals surface area contributed by atoms with E-state index in [-0.39, 0.29) is 15.6 Å². The molecule has 3 heteroatoms. The molecule has 0 bridgehead atoms. The third-order valence-electron chi connectivity index (χ3n) is 0.394. The predicted molar refractivity (Wildman–Crippen MR) is 28.3 cm³/mol. The molecule has 0 rings (SSSR count). The van der Waals surface area contributed by atoms with Gasteiger partial charge in [0.05, 0.1) is 0 Å². The molecule has 6 heavy (non-hydrogen) atoms. The van der Waals surface area contributed by atoms with Crippen LogP contribution in [0.2, 0.25) is 5.28 Å². The molecule has 0 amide bonds. The van der Waals surface area contributed by atoms with E-state index in [1.807, 2.05) is 0 Å². The van der Waals surface area contributed by atoms with Crippen LogP contribution in [-0.2, 0) is 3.79 Å². The van der Waals surface area contributed by atoms with Crippen LogP contribution in [0.15, 0.2) is 0 Å².